The number of nitrogens with zero attached hydrogens (tertiary/aromatic N) is 5. The van der Waals surface area contributed by atoms with Crippen molar-refractivity contribution in [1.82, 2.24) is 24.8 Å². The Morgan fingerprint density at radius 1 is 1.29 bits per heavy atom. The molecule has 4 heterocycles. The van der Waals surface area contributed by atoms with E-state index in [9.17, 15) is 19.6 Å². The standard InChI is InChI=1S/C20H21N7O3S/c1-22-18(28)13-3-4-16(15(10-21)23-13)27-7-5-26(6-8-27)11-12-9-14-17(31-12)19(29)25(2)20(30)24-14/h3-4,9H,5-8,11H2,1-2H3,(H,22,28)(H,24,30). The van der Waals surface area contributed by atoms with Crippen molar-refractivity contribution in [3.05, 3.63) is 55.3 Å². The Balaban J connectivity index is 1.46. The fourth-order valence-electron chi connectivity index (χ4n) is 3.63. The first-order chi connectivity index (χ1) is 14.9. The Morgan fingerprint density at radius 2 is 2.03 bits per heavy atom. The number of fused-ring (bicyclic) bond motifs is 1. The lowest BCUT2D eigenvalue weighted by Crippen LogP contribution is -2.46. The Labute approximate surface area is 181 Å². The molecule has 1 amide bonds. The summed E-state index contributed by atoms with van der Waals surface area (Å²) in [4.78, 5) is 48.1. The van der Waals surface area contributed by atoms with Crippen LogP contribution >= 0.6 is 11.3 Å². The van der Waals surface area contributed by atoms with Crippen molar-refractivity contribution < 1.29 is 4.79 Å². The molecule has 1 saturated heterocycles. The van der Waals surface area contributed by atoms with E-state index in [2.05, 4.69) is 31.2 Å². The van der Waals surface area contributed by atoms with E-state index >= 15 is 0 Å². The van der Waals surface area contributed by atoms with E-state index in [-0.39, 0.29) is 22.9 Å². The number of pyridine rings is 1. The summed E-state index contributed by atoms with van der Waals surface area (Å²) in [5, 5.41) is 12.0. The molecule has 0 saturated carbocycles. The topological polar surface area (TPSA) is 127 Å². The Kier molecular flexibility index (Phi) is 5.58. The summed E-state index contributed by atoms with van der Waals surface area (Å²) in [5.74, 6) is -0.327. The predicted molar refractivity (Wildman–Crippen MR) is 118 cm³/mol. The second-order valence-electron chi connectivity index (χ2n) is 7.27. The highest BCUT2D eigenvalue weighted by Gasteiger charge is 2.22. The number of nitrogens with one attached hydrogen (secondary N) is 2. The quantitative estimate of drug-likeness (QED) is 0.596. The van der Waals surface area contributed by atoms with Crippen LogP contribution < -0.4 is 21.5 Å². The number of carbonyl (C=O) groups excluding carboxylic acids is 1. The van der Waals surface area contributed by atoms with Crippen LogP contribution in [-0.2, 0) is 13.6 Å². The van der Waals surface area contributed by atoms with Gasteiger partial charge < -0.3 is 15.2 Å². The molecule has 2 N–H and O–H groups in total. The lowest BCUT2D eigenvalue weighted by Gasteiger charge is -2.36. The molecule has 0 aromatic carbocycles. The van der Waals surface area contributed by atoms with E-state index in [0.717, 1.165) is 28.2 Å². The third kappa shape index (κ3) is 3.95. The molecule has 31 heavy (non-hydrogen) atoms. The monoisotopic (exact) mass is 439 g/mol. The van der Waals surface area contributed by atoms with Crippen molar-refractivity contribution in [3.8, 4) is 6.07 Å². The van der Waals surface area contributed by atoms with Crippen molar-refractivity contribution in [1.29, 1.82) is 5.26 Å². The molecule has 0 unspecified atom stereocenters. The first kappa shape index (κ1) is 20.8. The van der Waals surface area contributed by atoms with Gasteiger partial charge in [0.25, 0.3) is 11.5 Å². The second-order valence-corrected chi connectivity index (χ2v) is 8.40. The smallest absolute Gasteiger partial charge is 0.328 e. The van der Waals surface area contributed by atoms with Gasteiger partial charge in [0.1, 0.15) is 16.5 Å². The number of carbonyl (C=O) groups is 1. The molecule has 160 valence electrons. The van der Waals surface area contributed by atoms with Gasteiger partial charge in [-0.05, 0) is 18.2 Å². The molecule has 0 radical (unpaired) electrons. The van der Waals surface area contributed by atoms with Gasteiger partial charge >= 0.3 is 5.69 Å². The molecule has 0 aliphatic carbocycles. The first-order valence-corrected chi connectivity index (χ1v) is 10.5. The van der Waals surface area contributed by atoms with Crippen LogP contribution in [0.25, 0.3) is 10.2 Å². The van der Waals surface area contributed by atoms with Crippen molar-refractivity contribution in [2.24, 2.45) is 7.05 Å². The van der Waals surface area contributed by atoms with E-state index in [4.69, 9.17) is 0 Å². The summed E-state index contributed by atoms with van der Waals surface area (Å²) in [6.07, 6.45) is 0. The van der Waals surface area contributed by atoms with Gasteiger partial charge in [-0.3, -0.25) is 19.1 Å². The number of piperazine rings is 1. The van der Waals surface area contributed by atoms with E-state index < -0.39 is 5.69 Å². The molecule has 3 aromatic heterocycles. The van der Waals surface area contributed by atoms with Crippen LogP contribution in [0.2, 0.25) is 0 Å². The zero-order valence-electron chi connectivity index (χ0n) is 17.1. The minimum absolute atomic E-state index is 0.218. The fraction of sp³-hybridized carbons (Fsp3) is 0.350. The summed E-state index contributed by atoms with van der Waals surface area (Å²) in [7, 11) is 2.99. The van der Waals surface area contributed by atoms with Crippen molar-refractivity contribution in [2.45, 2.75) is 6.54 Å². The number of thiophene rings is 1. The molecular formula is C20H21N7O3S. The Hall–Kier alpha value is -3.49. The second kappa shape index (κ2) is 8.33. The minimum atomic E-state index is -0.417. The lowest BCUT2D eigenvalue weighted by molar-refractivity contribution is 0.0958. The van der Waals surface area contributed by atoms with E-state index in [1.807, 2.05) is 6.07 Å². The van der Waals surface area contributed by atoms with Gasteiger partial charge in [0.05, 0.1) is 11.2 Å². The number of anilines is 1. The van der Waals surface area contributed by atoms with Gasteiger partial charge in [0, 0.05) is 51.7 Å². The molecule has 1 aliphatic rings. The fourth-order valence-corrected chi connectivity index (χ4v) is 4.76. The van der Waals surface area contributed by atoms with Gasteiger partial charge in [0.2, 0.25) is 0 Å². The number of H-pyrrole nitrogens is 1. The van der Waals surface area contributed by atoms with Crippen LogP contribution in [0.15, 0.2) is 27.8 Å². The maximum absolute atomic E-state index is 12.3. The average Bonchev–Trinajstić information content (AvgIpc) is 3.19. The zero-order chi connectivity index (χ0) is 22.1. The molecule has 0 bridgehead atoms. The van der Waals surface area contributed by atoms with Crippen molar-refractivity contribution in [3.63, 3.8) is 0 Å². The van der Waals surface area contributed by atoms with Gasteiger partial charge in [0.15, 0.2) is 5.69 Å². The van der Waals surface area contributed by atoms with Crippen LogP contribution in [0.5, 0.6) is 0 Å². The highest BCUT2D eigenvalue weighted by molar-refractivity contribution is 7.18. The van der Waals surface area contributed by atoms with Crippen molar-refractivity contribution >= 4 is 33.1 Å². The van der Waals surface area contributed by atoms with E-state index in [0.29, 0.717) is 29.9 Å². The number of nitriles is 1. The van der Waals surface area contributed by atoms with Crippen LogP contribution in [0.3, 0.4) is 0 Å². The number of hydrogen-bond donors (Lipinski definition) is 2. The number of rotatable bonds is 4. The molecule has 0 atom stereocenters. The lowest BCUT2D eigenvalue weighted by atomic mass is 10.2. The highest BCUT2D eigenvalue weighted by atomic mass is 32.1. The van der Waals surface area contributed by atoms with Crippen LogP contribution in [0.1, 0.15) is 21.1 Å². The number of amides is 1. The Bertz CT molecular complexity index is 1310. The zero-order valence-corrected chi connectivity index (χ0v) is 18.0. The van der Waals surface area contributed by atoms with Crippen LogP contribution in [-0.4, -0.2) is 58.6 Å². The molecule has 10 nitrogen and oxygen atoms in total. The average molecular weight is 440 g/mol. The molecule has 11 heteroatoms. The third-order valence-corrected chi connectivity index (χ3v) is 6.47. The maximum atomic E-state index is 12.3. The molecule has 3 aromatic rings. The van der Waals surface area contributed by atoms with E-state index in [1.165, 1.54) is 25.4 Å². The number of hydrogen-bond acceptors (Lipinski definition) is 8. The van der Waals surface area contributed by atoms with Gasteiger partial charge in [-0.15, -0.1) is 11.3 Å². The van der Waals surface area contributed by atoms with Crippen LogP contribution in [0.4, 0.5) is 5.69 Å². The van der Waals surface area contributed by atoms with Crippen molar-refractivity contribution in [2.75, 3.05) is 38.1 Å². The normalized spacial score (nSPS) is 14.5. The van der Waals surface area contributed by atoms with Gasteiger partial charge in [-0.25, -0.2) is 9.78 Å². The summed E-state index contributed by atoms with van der Waals surface area (Å²) in [5.41, 5.74) is 1.05. The largest absolute Gasteiger partial charge is 0.367 e. The highest BCUT2D eigenvalue weighted by Crippen LogP contribution is 2.24. The number of aromatic nitrogens is 3. The summed E-state index contributed by atoms with van der Waals surface area (Å²) in [6, 6.07) is 7.35. The molecule has 4 rings (SSSR count). The van der Waals surface area contributed by atoms with E-state index in [1.54, 1.807) is 12.1 Å². The first-order valence-electron chi connectivity index (χ1n) is 9.73. The van der Waals surface area contributed by atoms with Crippen LogP contribution in [0, 0.1) is 11.3 Å². The third-order valence-electron chi connectivity index (χ3n) is 5.36. The number of aromatic amines is 1. The van der Waals surface area contributed by atoms with Gasteiger partial charge in [-0.2, -0.15) is 5.26 Å². The summed E-state index contributed by atoms with van der Waals surface area (Å²) < 4.78 is 1.63. The minimum Gasteiger partial charge on any atom is -0.367 e. The molecule has 0 spiro atoms. The molecular weight excluding hydrogens is 418 g/mol. The van der Waals surface area contributed by atoms with Gasteiger partial charge in [-0.1, -0.05) is 0 Å². The molecule has 1 fully saturated rings. The summed E-state index contributed by atoms with van der Waals surface area (Å²) >= 11 is 1.40. The maximum Gasteiger partial charge on any atom is 0.328 e. The Morgan fingerprint density at radius 3 is 2.71 bits per heavy atom. The molecule has 1 aliphatic heterocycles. The SMILES string of the molecule is CNC(=O)c1ccc(N2CCN(Cc3cc4[nH]c(=O)n(C)c(=O)c4s3)CC2)c(C#N)n1. The summed E-state index contributed by atoms with van der Waals surface area (Å²) in [6.45, 7) is 3.63. The predicted octanol–water partition coefficient (Wildman–Crippen LogP) is 0.237.